The van der Waals surface area contributed by atoms with Crippen LogP contribution in [0.1, 0.15) is 86.0 Å². The van der Waals surface area contributed by atoms with Crippen molar-refractivity contribution in [3.8, 4) is 0 Å². The second-order valence-corrected chi connectivity index (χ2v) is 7.80. The summed E-state index contributed by atoms with van der Waals surface area (Å²) in [6, 6.07) is 0. The summed E-state index contributed by atoms with van der Waals surface area (Å²) >= 11 is 0. The van der Waals surface area contributed by atoms with Crippen LogP contribution < -0.4 is 0 Å². The molecule has 2 nitrogen and oxygen atoms in total. The summed E-state index contributed by atoms with van der Waals surface area (Å²) < 4.78 is 11.0. The Labute approximate surface area is 162 Å². The van der Waals surface area contributed by atoms with Crippen LogP contribution in [0.4, 0.5) is 0 Å². The molecule has 148 valence electrons. The molecular formula is C24H40O2. The molecule has 0 aromatic carbocycles. The second-order valence-electron chi connectivity index (χ2n) is 7.80. The molecule has 26 heavy (non-hydrogen) atoms. The molecular weight excluding hydrogens is 320 g/mol. The van der Waals surface area contributed by atoms with Gasteiger partial charge in [-0.2, -0.15) is 0 Å². The van der Waals surface area contributed by atoms with E-state index in [1.165, 1.54) is 48.0 Å². The molecule has 0 aromatic rings. The van der Waals surface area contributed by atoms with Gasteiger partial charge in [0.2, 0.25) is 0 Å². The SMILES string of the molecule is CC(C)=CCC/C(C)=C/CC/C(C)=C/CC/C=C(\C)CCC1OCCO1. The van der Waals surface area contributed by atoms with Gasteiger partial charge in [0.05, 0.1) is 13.2 Å². The summed E-state index contributed by atoms with van der Waals surface area (Å²) in [6.45, 7) is 12.6. The summed E-state index contributed by atoms with van der Waals surface area (Å²) in [4.78, 5) is 0. The average Bonchev–Trinajstić information content (AvgIpc) is 3.10. The number of ether oxygens (including phenoxy) is 2. The smallest absolute Gasteiger partial charge is 0.158 e. The predicted molar refractivity (Wildman–Crippen MR) is 113 cm³/mol. The molecule has 0 aromatic heterocycles. The first kappa shape index (κ1) is 22.9. The molecule has 0 saturated carbocycles. The lowest BCUT2D eigenvalue weighted by atomic mass is 10.0. The van der Waals surface area contributed by atoms with E-state index in [2.05, 4.69) is 58.9 Å². The molecule has 1 aliphatic heterocycles. The fourth-order valence-corrected chi connectivity index (χ4v) is 3.02. The van der Waals surface area contributed by atoms with Crippen molar-refractivity contribution in [2.24, 2.45) is 0 Å². The first-order valence-corrected chi connectivity index (χ1v) is 10.3. The lowest BCUT2D eigenvalue weighted by Crippen LogP contribution is -2.06. The molecule has 0 aliphatic carbocycles. The molecule has 0 N–H and O–H groups in total. The predicted octanol–water partition coefficient (Wildman–Crippen LogP) is 7.29. The molecule has 0 atom stereocenters. The molecule has 0 spiro atoms. The third-order valence-electron chi connectivity index (χ3n) is 4.74. The quantitative estimate of drug-likeness (QED) is 0.269. The highest BCUT2D eigenvalue weighted by atomic mass is 16.7. The van der Waals surface area contributed by atoms with Crippen LogP contribution >= 0.6 is 0 Å². The lowest BCUT2D eigenvalue weighted by molar-refractivity contribution is -0.0461. The van der Waals surface area contributed by atoms with E-state index in [1.807, 2.05) is 0 Å². The normalized spacial score (nSPS) is 17.0. The van der Waals surface area contributed by atoms with Crippen LogP contribution in [0, 0.1) is 0 Å². The van der Waals surface area contributed by atoms with Crippen LogP contribution in [0.2, 0.25) is 0 Å². The maximum Gasteiger partial charge on any atom is 0.158 e. The van der Waals surface area contributed by atoms with Crippen LogP contribution in [0.3, 0.4) is 0 Å². The van der Waals surface area contributed by atoms with E-state index in [9.17, 15) is 0 Å². The largest absolute Gasteiger partial charge is 0.350 e. The highest BCUT2D eigenvalue weighted by Gasteiger charge is 2.14. The van der Waals surface area contributed by atoms with Crippen molar-refractivity contribution in [3.05, 3.63) is 46.6 Å². The van der Waals surface area contributed by atoms with E-state index in [0.717, 1.165) is 38.9 Å². The molecule has 2 heteroatoms. The maximum atomic E-state index is 5.48. The zero-order valence-corrected chi connectivity index (χ0v) is 17.8. The number of hydrogen-bond acceptors (Lipinski definition) is 2. The van der Waals surface area contributed by atoms with Crippen molar-refractivity contribution in [1.29, 1.82) is 0 Å². The summed E-state index contributed by atoms with van der Waals surface area (Å²) in [6.07, 6.45) is 18.6. The summed E-state index contributed by atoms with van der Waals surface area (Å²) in [7, 11) is 0. The van der Waals surface area contributed by atoms with Gasteiger partial charge in [0.25, 0.3) is 0 Å². The Balaban J connectivity index is 2.14. The van der Waals surface area contributed by atoms with Gasteiger partial charge >= 0.3 is 0 Å². The van der Waals surface area contributed by atoms with Gasteiger partial charge in [-0.3, -0.25) is 0 Å². The van der Waals surface area contributed by atoms with E-state index < -0.39 is 0 Å². The topological polar surface area (TPSA) is 18.5 Å². The molecule has 0 bridgehead atoms. The number of hydrogen-bond donors (Lipinski definition) is 0. The van der Waals surface area contributed by atoms with Crippen molar-refractivity contribution in [1.82, 2.24) is 0 Å². The molecule has 1 heterocycles. The van der Waals surface area contributed by atoms with Crippen LogP contribution in [-0.2, 0) is 9.47 Å². The van der Waals surface area contributed by atoms with Gasteiger partial charge in [-0.1, -0.05) is 46.6 Å². The zero-order chi connectivity index (χ0) is 19.2. The van der Waals surface area contributed by atoms with Crippen molar-refractivity contribution >= 4 is 0 Å². The Kier molecular flexibility index (Phi) is 12.3. The molecule has 1 aliphatic rings. The van der Waals surface area contributed by atoms with E-state index in [0.29, 0.717) is 0 Å². The Morgan fingerprint density at radius 1 is 0.654 bits per heavy atom. The fraction of sp³-hybridized carbons (Fsp3) is 0.667. The minimum Gasteiger partial charge on any atom is -0.350 e. The van der Waals surface area contributed by atoms with E-state index in [-0.39, 0.29) is 6.29 Å². The number of rotatable bonds is 12. The fourth-order valence-electron chi connectivity index (χ4n) is 3.02. The van der Waals surface area contributed by atoms with Crippen molar-refractivity contribution in [2.45, 2.75) is 92.3 Å². The van der Waals surface area contributed by atoms with E-state index >= 15 is 0 Å². The molecule has 1 rings (SSSR count). The lowest BCUT2D eigenvalue weighted by Gasteiger charge is -2.08. The molecule has 1 fully saturated rings. The minimum atomic E-state index is 0.0269. The number of unbranched alkanes of at least 4 members (excludes halogenated alkanes) is 1. The number of allylic oxidation sites excluding steroid dienone is 8. The van der Waals surface area contributed by atoms with Gasteiger partial charge in [-0.15, -0.1) is 0 Å². The average molecular weight is 361 g/mol. The van der Waals surface area contributed by atoms with Gasteiger partial charge in [-0.05, 0) is 79.6 Å². The Hall–Kier alpha value is -1.12. The van der Waals surface area contributed by atoms with E-state index in [4.69, 9.17) is 9.47 Å². The van der Waals surface area contributed by atoms with Gasteiger partial charge in [0.15, 0.2) is 6.29 Å². The van der Waals surface area contributed by atoms with Gasteiger partial charge in [0, 0.05) is 6.42 Å². The molecule has 0 unspecified atom stereocenters. The second kappa shape index (κ2) is 14.0. The van der Waals surface area contributed by atoms with Gasteiger partial charge < -0.3 is 9.47 Å². The molecule has 0 amide bonds. The summed E-state index contributed by atoms with van der Waals surface area (Å²) in [5, 5.41) is 0. The first-order valence-electron chi connectivity index (χ1n) is 10.3. The monoisotopic (exact) mass is 360 g/mol. The standard InChI is InChI=1S/C24H40O2/c1-20(2)10-8-13-22(4)15-9-14-21(3)11-6-7-12-23(5)16-17-24-25-18-19-26-24/h10-12,15,24H,6-9,13-14,16-19H2,1-5H3/b21-11+,22-15+,23-12+. The first-order chi connectivity index (χ1) is 12.5. The van der Waals surface area contributed by atoms with E-state index in [1.54, 1.807) is 0 Å². The Bertz CT molecular complexity index is 498. The van der Waals surface area contributed by atoms with Gasteiger partial charge in [-0.25, -0.2) is 0 Å². The Morgan fingerprint density at radius 3 is 1.65 bits per heavy atom. The highest BCUT2D eigenvalue weighted by Crippen LogP contribution is 2.16. The van der Waals surface area contributed by atoms with Crippen LogP contribution in [0.25, 0.3) is 0 Å². The van der Waals surface area contributed by atoms with Gasteiger partial charge in [0.1, 0.15) is 0 Å². The molecule has 1 saturated heterocycles. The highest BCUT2D eigenvalue weighted by molar-refractivity contribution is 5.06. The van der Waals surface area contributed by atoms with Crippen molar-refractivity contribution in [2.75, 3.05) is 13.2 Å². The molecule has 0 radical (unpaired) electrons. The van der Waals surface area contributed by atoms with Crippen molar-refractivity contribution in [3.63, 3.8) is 0 Å². The third kappa shape index (κ3) is 12.3. The van der Waals surface area contributed by atoms with Crippen LogP contribution in [0.5, 0.6) is 0 Å². The van der Waals surface area contributed by atoms with Crippen molar-refractivity contribution < 1.29 is 9.47 Å². The minimum absolute atomic E-state index is 0.0269. The summed E-state index contributed by atoms with van der Waals surface area (Å²) in [5.41, 5.74) is 5.90. The van der Waals surface area contributed by atoms with Crippen LogP contribution in [-0.4, -0.2) is 19.5 Å². The third-order valence-corrected chi connectivity index (χ3v) is 4.74. The zero-order valence-electron chi connectivity index (χ0n) is 17.8. The Morgan fingerprint density at radius 2 is 1.12 bits per heavy atom. The summed E-state index contributed by atoms with van der Waals surface area (Å²) in [5.74, 6) is 0. The maximum absolute atomic E-state index is 5.48. The van der Waals surface area contributed by atoms with Crippen LogP contribution in [0.15, 0.2) is 46.6 Å².